The minimum absolute atomic E-state index is 0.406. The summed E-state index contributed by atoms with van der Waals surface area (Å²) in [7, 11) is 0. The van der Waals surface area contributed by atoms with E-state index in [2.05, 4.69) is 35.5 Å². The highest BCUT2D eigenvalue weighted by molar-refractivity contribution is 4.98. The summed E-state index contributed by atoms with van der Waals surface area (Å²) in [6.07, 6.45) is 21.2. The summed E-state index contributed by atoms with van der Waals surface area (Å²) in [5, 5.41) is 3.36. The lowest BCUT2D eigenvalue weighted by atomic mass is 10.1. The van der Waals surface area contributed by atoms with E-state index in [1.807, 2.05) is 6.20 Å². The van der Waals surface area contributed by atoms with E-state index in [0.717, 1.165) is 13.0 Å². The molecule has 3 nitrogen and oxygen atoms in total. The van der Waals surface area contributed by atoms with Gasteiger partial charge in [0.2, 0.25) is 0 Å². The predicted octanol–water partition coefficient (Wildman–Crippen LogP) is 3.73. The van der Waals surface area contributed by atoms with Crippen LogP contribution in [0.5, 0.6) is 0 Å². The molecule has 1 unspecified atom stereocenters. The first-order valence-electron chi connectivity index (χ1n) is 8.42. The van der Waals surface area contributed by atoms with Gasteiger partial charge in [-0.1, -0.05) is 57.6 Å². The standard InChI is InChI=1S/C17H33N3/c1-2-3-4-5-6-7-8-9-10-11-12-17-19-14-16-20(17)15-13-18/h10-11,14,16-17,19H,2-9,12-13,15,18H2,1H3/b11-10+. The first-order chi connectivity index (χ1) is 9.88. The highest BCUT2D eigenvalue weighted by atomic mass is 15.3. The van der Waals surface area contributed by atoms with Gasteiger partial charge in [0.05, 0.1) is 0 Å². The number of allylic oxidation sites excluding steroid dienone is 1. The molecule has 0 spiro atoms. The summed E-state index contributed by atoms with van der Waals surface area (Å²) in [6.45, 7) is 3.91. The Morgan fingerprint density at radius 3 is 2.60 bits per heavy atom. The van der Waals surface area contributed by atoms with Crippen molar-refractivity contribution in [1.82, 2.24) is 10.2 Å². The van der Waals surface area contributed by atoms with Crippen molar-refractivity contribution >= 4 is 0 Å². The molecule has 0 saturated heterocycles. The quantitative estimate of drug-likeness (QED) is 0.422. The number of nitrogens with two attached hydrogens (primary N) is 1. The molecule has 0 aromatic rings. The van der Waals surface area contributed by atoms with Crippen LogP contribution in [-0.4, -0.2) is 24.2 Å². The summed E-state index contributed by atoms with van der Waals surface area (Å²) in [5.41, 5.74) is 5.60. The summed E-state index contributed by atoms with van der Waals surface area (Å²) in [4.78, 5) is 2.28. The lowest BCUT2D eigenvalue weighted by Crippen LogP contribution is -2.37. The minimum Gasteiger partial charge on any atom is -0.370 e. The number of unbranched alkanes of at least 4 members (excludes halogenated alkanes) is 7. The summed E-state index contributed by atoms with van der Waals surface area (Å²) in [5.74, 6) is 0. The molecule has 0 aromatic carbocycles. The predicted molar refractivity (Wildman–Crippen MR) is 88.2 cm³/mol. The average molecular weight is 279 g/mol. The van der Waals surface area contributed by atoms with Crippen molar-refractivity contribution in [2.45, 2.75) is 70.9 Å². The van der Waals surface area contributed by atoms with E-state index in [1.54, 1.807) is 0 Å². The smallest absolute Gasteiger partial charge is 0.102 e. The molecule has 0 radical (unpaired) electrons. The van der Waals surface area contributed by atoms with Gasteiger partial charge in [-0.05, 0) is 12.8 Å². The van der Waals surface area contributed by atoms with Crippen LogP contribution >= 0.6 is 0 Å². The van der Waals surface area contributed by atoms with Crippen LogP contribution in [0, 0.1) is 0 Å². The van der Waals surface area contributed by atoms with Gasteiger partial charge in [-0.3, -0.25) is 0 Å². The molecule has 1 aliphatic heterocycles. The maximum absolute atomic E-state index is 5.60. The highest BCUT2D eigenvalue weighted by Gasteiger charge is 2.15. The van der Waals surface area contributed by atoms with Gasteiger partial charge in [0.25, 0.3) is 0 Å². The molecule has 1 aliphatic rings. The first kappa shape index (κ1) is 17.1. The molecule has 1 rings (SSSR count). The van der Waals surface area contributed by atoms with Crippen molar-refractivity contribution in [3.63, 3.8) is 0 Å². The molecule has 0 bridgehead atoms. The van der Waals surface area contributed by atoms with Crippen molar-refractivity contribution in [2.75, 3.05) is 13.1 Å². The fraction of sp³-hybridized carbons (Fsp3) is 0.765. The van der Waals surface area contributed by atoms with Gasteiger partial charge in [0.1, 0.15) is 6.17 Å². The van der Waals surface area contributed by atoms with Crippen LogP contribution in [0.2, 0.25) is 0 Å². The fourth-order valence-corrected chi connectivity index (χ4v) is 2.59. The maximum Gasteiger partial charge on any atom is 0.102 e. The third-order valence-corrected chi connectivity index (χ3v) is 3.84. The topological polar surface area (TPSA) is 41.3 Å². The second kappa shape index (κ2) is 11.8. The maximum atomic E-state index is 5.60. The van der Waals surface area contributed by atoms with Gasteiger partial charge in [0.15, 0.2) is 0 Å². The van der Waals surface area contributed by atoms with E-state index in [9.17, 15) is 0 Å². The van der Waals surface area contributed by atoms with Gasteiger partial charge in [-0.25, -0.2) is 0 Å². The Balaban J connectivity index is 1.94. The molecule has 1 heterocycles. The summed E-state index contributed by atoms with van der Waals surface area (Å²) < 4.78 is 0. The highest BCUT2D eigenvalue weighted by Crippen LogP contribution is 2.11. The first-order valence-corrected chi connectivity index (χ1v) is 8.42. The Kier molecular flexibility index (Phi) is 10.1. The fourth-order valence-electron chi connectivity index (χ4n) is 2.59. The molecule has 3 N–H and O–H groups in total. The normalized spacial score (nSPS) is 18.1. The molecule has 3 heteroatoms. The zero-order valence-corrected chi connectivity index (χ0v) is 13.2. The SMILES string of the molecule is CCCCCCCCC/C=C/CC1NC=CN1CCN. The van der Waals surface area contributed by atoms with E-state index in [-0.39, 0.29) is 0 Å². The van der Waals surface area contributed by atoms with Crippen LogP contribution < -0.4 is 11.1 Å². The van der Waals surface area contributed by atoms with Crippen LogP contribution in [0.1, 0.15) is 64.7 Å². The molecule has 0 aliphatic carbocycles. The van der Waals surface area contributed by atoms with Gasteiger partial charge < -0.3 is 16.0 Å². The largest absolute Gasteiger partial charge is 0.370 e. The Bertz CT molecular complexity index is 273. The number of hydrogen-bond acceptors (Lipinski definition) is 3. The zero-order valence-electron chi connectivity index (χ0n) is 13.2. The lowest BCUT2D eigenvalue weighted by molar-refractivity contribution is 0.287. The van der Waals surface area contributed by atoms with E-state index < -0.39 is 0 Å². The number of hydrogen-bond donors (Lipinski definition) is 2. The van der Waals surface area contributed by atoms with Crippen LogP contribution in [-0.2, 0) is 0 Å². The van der Waals surface area contributed by atoms with Crippen molar-refractivity contribution in [1.29, 1.82) is 0 Å². The molecule has 1 atom stereocenters. The second-order valence-electron chi connectivity index (χ2n) is 5.64. The van der Waals surface area contributed by atoms with E-state index in [4.69, 9.17) is 5.73 Å². The number of nitrogens with one attached hydrogen (secondary N) is 1. The number of rotatable bonds is 12. The van der Waals surface area contributed by atoms with Crippen LogP contribution in [0.4, 0.5) is 0 Å². The summed E-state index contributed by atoms with van der Waals surface area (Å²) >= 11 is 0. The van der Waals surface area contributed by atoms with E-state index in [1.165, 1.54) is 51.4 Å². The monoisotopic (exact) mass is 279 g/mol. The van der Waals surface area contributed by atoms with E-state index >= 15 is 0 Å². The Labute approximate surface area is 125 Å². The van der Waals surface area contributed by atoms with E-state index in [0.29, 0.717) is 12.7 Å². The third kappa shape index (κ3) is 7.59. The van der Waals surface area contributed by atoms with Crippen molar-refractivity contribution in [2.24, 2.45) is 5.73 Å². The zero-order chi connectivity index (χ0) is 14.5. The Morgan fingerprint density at radius 1 is 1.10 bits per heavy atom. The molecule has 0 saturated carbocycles. The van der Waals surface area contributed by atoms with Crippen LogP contribution in [0.15, 0.2) is 24.6 Å². The summed E-state index contributed by atoms with van der Waals surface area (Å²) in [6, 6.07) is 0. The molecular weight excluding hydrogens is 246 g/mol. The number of nitrogens with zero attached hydrogens (tertiary/aromatic N) is 1. The third-order valence-electron chi connectivity index (χ3n) is 3.84. The molecule has 116 valence electrons. The minimum atomic E-state index is 0.406. The average Bonchev–Trinajstić information content (AvgIpc) is 2.89. The Morgan fingerprint density at radius 2 is 1.85 bits per heavy atom. The van der Waals surface area contributed by atoms with Gasteiger partial charge in [-0.2, -0.15) is 0 Å². The molecule has 0 aromatic heterocycles. The van der Waals surface area contributed by atoms with Crippen LogP contribution in [0.3, 0.4) is 0 Å². The van der Waals surface area contributed by atoms with Crippen molar-refractivity contribution in [3.8, 4) is 0 Å². The second-order valence-corrected chi connectivity index (χ2v) is 5.64. The van der Waals surface area contributed by atoms with Gasteiger partial charge in [-0.15, -0.1) is 0 Å². The molecule has 0 amide bonds. The van der Waals surface area contributed by atoms with Crippen LogP contribution in [0.25, 0.3) is 0 Å². The van der Waals surface area contributed by atoms with Gasteiger partial charge >= 0.3 is 0 Å². The van der Waals surface area contributed by atoms with Crippen molar-refractivity contribution < 1.29 is 0 Å². The van der Waals surface area contributed by atoms with Gasteiger partial charge in [0, 0.05) is 31.9 Å². The van der Waals surface area contributed by atoms with Crippen molar-refractivity contribution in [3.05, 3.63) is 24.6 Å². The Hall–Kier alpha value is -0.960. The lowest BCUT2D eigenvalue weighted by Gasteiger charge is -2.23. The molecular formula is C17H33N3. The molecule has 0 fully saturated rings. The molecule has 20 heavy (non-hydrogen) atoms.